The van der Waals surface area contributed by atoms with Crippen LogP contribution in [0.2, 0.25) is 10.0 Å². The van der Waals surface area contributed by atoms with E-state index >= 15 is 0 Å². The van der Waals surface area contributed by atoms with Crippen LogP contribution in [0, 0.1) is 5.92 Å². The van der Waals surface area contributed by atoms with E-state index in [0.29, 0.717) is 15.6 Å². The molecule has 0 radical (unpaired) electrons. The predicted molar refractivity (Wildman–Crippen MR) is 74.8 cm³/mol. The minimum absolute atomic E-state index is 0.0120. The molecule has 2 fully saturated rings. The Labute approximate surface area is 126 Å². The molecule has 1 N–H and O–H groups in total. The molecule has 2 unspecified atom stereocenters. The Balaban J connectivity index is 2.10. The second-order valence-electron chi connectivity index (χ2n) is 5.26. The summed E-state index contributed by atoms with van der Waals surface area (Å²) in [5.41, 5.74) is 0.556. The molecule has 2 aliphatic rings. The minimum Gasteiger partial charge on any atom is -0.481 e. The predicted octanol–water partition coefficient (Wildman–Crippen LogP) is 3.13. The topological polar surface area (TPSA) is 57.6 Å². The maximum absolute atomic E-state index is 12.2. The monoisotopic (exact) mass is 313 g/mol. The number of halogens is 2. The van der Waals surface area contributed by atoms with E-state index in [2.05, 4.69) is 0 Å². The van der Waals surface area contributed by atoms with Crippen LogP contribution in [0.4, 0.5) is 0 Å². The average Bonchev–Trinajstić information content (AvgIpc) is 3.14. The number of hydrogen-bond acceptors (Lipinski definition) is 2. The SMILES string of the molecule is O=C(O)C1CC(=O)N(C2CC2)C1c1c(Cl)cccc1Cl. The maximum atomic E-state index is 12.2. The standard InChI is InChI=1S/C14H13Cl2NO3/c15-9-2-1-3-10(16)12(9)13-8(14(19)20)6-11(18)17(13)7-4-5-7/h1-3,7-8,13H,4-6H2,(H,19,20). The zero-order valence-corrected chi connectivity index (χ0v) is 12.1. The number of rotatable bonds is 3. The third-order valence-corrected chi connectivity index (χ3v) is 4.58. The summed E-state index contributed by atoms with van der Waals surface area (Å²) in [6.07, 6.45) is 1.84. The third-order valence-electron chi connectivity index (χ3n) is 3.92. The van der Waals surface area contributed by atoms with Crippen molar-refractivity contribution in [3.63, 3.8) is 0 Å². The van der Waals surface area contributed by atoms with Gasteiger partial charge in [0.25, 0.3) is 0 Å². The van der Waals surface area contributed by atoms with Crippen LogP contribution in [0.5, 0.6) is 0 Å². The van der Waals surface area contributed by atoms with Gasteiger partial charge in [-0.05, 0) is 25.0 Å². The Kier molecular flexibility index (Phi) is 3.38. The van der Waals surface area contributed by atoms with Gasteiger partial charge in [0.15, 0.2) is 0 Å². The van der Waals surface area contributed by atoms with Crippen LogP contribution < -0.4 is 0 Å². The average molecular weight is 314 g/mol. The van der Waals surface area contributed by atoms with Gasteiger partial charge in [-0.1, -0.05) is 29.3 Å². The first-order valence-electron chi connectivity index (χ1n) is 6.48. The second-order valence-corrected chi connectivity index (χ2v) is 6.08. The van der Waals surface area contributed by atoms with Gasteiger partial charge in [-0.15, -0.1) is 0 Å². The first-order chi connectivity index (χ1) is 9.50. The highest BCUT2D eigenvalue weighted by Gasteiger charge is 2.51. The largest absolute Gasteiger partial charge is 0.481 e. The van der Waals surface area contributed by atoms with Gasteiger partial charge in [0.2, 0.25) is 5.91 Å². The van der Waals surface area contributed by atoms with Crippen molar-refractivity contribution < 1.29 is 14.7 Å². The highest BCUT2D eigenvalue weighted by molar-refractivity contribution is 6.36. The molecule has 1 saturated heterocycles. The molecule has 0 spiro atoms. The van der Waals surface area contributed by atoms with Crippen LogP contribution in [-0.4, -0.2) is 27.9 Å². The molecule has 1 saturated carbocycles. The molecule has 4 nitrogen and oxygen atoms in total. The van der Waals surface area contributed by atoms with Gasteiger partial charge in [0, 0.05) is 28.1 Å². The minimum atomic E-state index is -0.984. The van der Waals surface area contributed by atoms with E-state index in [0.717, 1.165) is 12.8 Å². The van der Waals surface area contributed by atoms with E-state index < -0.39 is 17.9 Å². The lowest BCUT2D eigenvalue weighted by atomic mass is 9.93. The number of likely N-dealkylation sites (tertiary alicyclic amines) is 1. The Morgan fingerprint density at radius 3 is 2.35 bits per heavy atom. The zero-order chi connectivity index (χ0) is 14.4. The normalized spacial score (nSPS) is 26.1. The smallest absolute Gasteiger partial charge is 0.309 e. The number of hydrogen-bond donors (Lipinski definition) is 1. The molecule has 1 aliphatic carbocycles. The van der Waals surface area contributed by atoms with Crippen molar-refractivity contribution in [2.24, 2.45) is 5.92 Å². The van der Waals surface area contributed by atoms with Crippen molar-refractivity contribution in [3.8, 4) is 0 Å². The summed E-state index contributed by atoms with van der Waals surface area (Å²) in [6.45, 7) is 0. The number of benzene rings is 1. The summed E-state index contributed by atoms with van der Waals surface area (Å²) in [5.74, 6) is -1.90. The number of carbonyl (C=O) groups excluding carboxylic acids is 1. The van der Waals surface area contributed by atoms with Crippen LogP contribution >= 0.6 is 23.2 Å². The third kappa shape index (κ3) is 2.17. The van der Waals surface area contributed by atoms with Gasteiger partial charge in [0.05, 0.1) is 12.0 Å². The molecule has 2 atom stereocenters. The summed E-state index contributed by atoms with van der Waals surface area (Å²) >= 11 is 12.4. The Morgan fingerprint density at radius 1 is 1.25 bits per heavy atom. The summed E-state index contributed by atoms with van der Waals surface area (Å²) < 4.78 is 0. The molecular weight excluding hydrogens is 301 g/mol. The first-order valence-corrected chi connectivity index (χ1v) is 7.24. The first kappa shape index (κ1) is 13.7. The fourth-order valence-electron chi connectivity index (χ4n) is 2.89. The van der Waals surface area contributed by atoms with Crippen LogP contribution in [0.3, 0.4) is 0 Å². The van der Waals surface area contributed by atoms with Gasteiger partial charge in [0.1, 0.15) is 0 Å². The molecule has 1 aromatic carbocycles. The van der Waals surface area contributed by atoms with Crippen molar-refractivity contribution in [2.45, 2.75) is 31.3 Å². The zero-order valence-electron chi connectivity index (χ0n) is 10.6. The van der Waals surface area contributed by atoms with Crippen molar-refractivity contribution in [1.29, 1.82) is 0 Å². The molecule has 106 valence electrons. The Bertz CT molecular complexity index is 566. The van der Waals surface area contributed by atoms with E-state index in [1.807, 2.05) is 0 Å². The molecule has 1 heterocycles. The van der Waals surface area contributed by atoms with Crippen molar-refractivity contribution in [1.82, 2.24) is 4.90 Å². The van der Waals surface area contributed by atoms with E-state index in [1.54, 1.807) is 23.1 Å². The molecule has 0 aromatic heterocycles. The highest BCUT2D eigenvalue weighted by Crippen LogP contribution is 2.48. The van der Waals surface area contributed by atoms with Gasteiger partial charge >= 0.3 is 5.97 Å². The molecule has 6 heteroatoms. The Hall–Kier alpha value is -1.26. The number of amides is 1. The van der Waals surface area contributed by atoms with Crippen molar-refractivity contribution >= 4 is 35.1 Å². The number of aliphatic carboxylic acids is 1. The molecule has 1 aromatic rings. The molecule has 3 rings (SSSR count). The van der Waals surface area contributed by atoms with Gasteiger partial charge < -0.3 is 10.0 Å². The van der Waals surface area contributed by atoms with Crippen molar-refractivity contribution in [3.05, 3.63) is 33.8 Å². The summed E-state index contributed by atoms with van der Waals surface area (Å²) in [6, 6.07) is 4.63. The van der Waals surface area contributed by atoms with Gasteiger partial charge in [-0.25, -0.2) is 0 Å². The van der Waals surface area contributed by atoms with Crippen molar-refractivity contribution in [2.75, 3.05) is 0 Å². The number of carboxylic acid groups (broad SMARTS) is 1. The molecule has 1 amide bonds. The number of carbonyl (C=O) groups is 2. The summed E-state index contributed by atoms with van der Waals surface area (Å²) in [5, 5.41) is 10.2. The summed E-state index contributed by atoms with van der Waals surface area (Å²) in [7, 11) is 0. The lowest BCUT2D eigenvalue weighted by molar-refractivity contribution is -0.142. The number of carboxylic acids is 1. The summed E-state index contributed by atoms with van der Waals surface area (Å²) in [4.78, 5) is 25.3. The molecule has 1 aliphatic heterocycles. The maximum Gasteiger partial charge on any atom is 0.309 e. The van der Waals surface area contributed by atoms with Crippen LogP contribution in [0.15, 0.2) is 18.2 Å². The molecule has 0 bridgehead atoms. The lowest BCUT2D eigenvalue weighted by Gasteiger charge is -2.28. The van der Waals surface area contributed by atoms with Gasteiger partial charge in [-0.3, -0.25) is 9.59 Å². The van der Waals surface area contributed by atoms with Gasteiger partial charge in [-0.2, -0.15) is 0 Å². The van der Waals surface area contributed by atoms with Crippen LogP contribution in [0.1, 0.15) is 30.9 Å². The van der Waals surface area contributed by atoms with E-state index in [9.17, 15) is 14.7 Å². The molecule has 20 heavy (non-hydrogen) atoms. The van der Waals surface area contributed by atoms with E-state index in [-0.39, 0.29) is 18.4 Å². The van der Waals surface area contributed by atoms with Crippen LogP contribution in [-0.2, 0) is 9.59 Å². The fraction of sp³-hybridized carbons (Fsp3) is 0.429. The van der Waals surface area contributed by atoms with Crippen LogP contribution in [0.25, 0.3) is 0 Å². The van der Waals surface area contributed by atoms with E-state index in [1.165, 1.54) is 0 Å². The fourth-order valence-corrected chi connectivity index (χ4v) is 3.51. The lowest BCUT2D eigenvalue weighted by Crippen LogP contribution is -2.32. The molecular formula is C14H13Cl2NO3. The highest BCUT2D eigenvalue weighted by atomic mass is 35.5. The number of nitrogens with zero attached hydrogens (tertiary/aromatic N) is 1. The Morgan fingerprint density at radius 2 is 1.85 bits per heavy atom. The quantitative estimate of drug-likeness (QED) is 0.932. The van der Waals surface area contributed by atoms with E-state index in [4.69, 9.17) is 23.2 Å². The second kappa shape index (κ2) is 4.93.